The fourth-order valence-corrected chi connectivity index (χ4v) is 3.76. The molecule has 2 aromatic carbocycles. The molecule has 0 atom stereocenters. The predicted octanol–water partition coefficient (Wildman–Crippen LogP) is 4.56. The Morgan fingerprint density at radius 1 is 0.944 bits per heavy atom. The lowest BCUT2D eigenvalue weighted by Gasteiger charge is -2.11. The molecule has 0 aliphatic heterocycles. The van der Waals surface area contributed by atoms with Gasteiger partial charge < -0.3 is 16.3 Å². The highest BCUT2D eigenvalue weighted by molar-refractivity contribution is 6.38. The second-order valence-electron chi connectivity index (χ2n) is 8.25. The predicted molar refractivity (Wildman–Crippen MR) is 143 cm³/mol. The number of aromatic carboxylic acids is 1. The third kappa shape index (κ3) is 7.87. The van der Waals surface area contributed by atoms with E-state index < -0.39 is 5.97 Å². The number of carboxylic acid groups (broad SMARTS) is 1. The second-order valence-corrected chi connectivity index (χ2v) is 8.25. The molecule has 0 spiro atoms. The van der Waals surface area contributed by atoms with Crippen LogP contribution in [0.5, 0.6) is 0 Å². The zero-order valence-electron chi connectivity index (χ0n) is 20.1. The van der Waals surface area contributed by atoms with Crippen LogP contribution in [-0.2, 0) is 0 Å². The highest BCUT2D eigenvalue weighted by Gasteiger charge is 2.13. The van der Waals surface area contributed by atoms with Crippen LogP contribution in [0.4, 0.5) is 0 Å². The van der Waals surface area contributed by atoms with Gasteiger partial charge in [0.15, 0.2) is 0 Å². The van der Waals surface area contributed by atoms with Crippen molar-refractivity contribution in [3.63, 3.8) is 0 Å². The Bertz CT molecular complexity index is 1210. The van der Waals surface area contributed by atoms with E-state index in [0.717, 1.165) is 37.7 Å². The van der Waals surface area contributed by atoms with Crippen LogP contribution in [0.1, 0.15) is 58.4 Å². The Morgan fingerprint density at radius 3 is 2.50 bits per heavy atom. The smallest absolute Gasteiger partial charge is 0.335 e. The molecule has 0 saturated carbocycles. The highest BCUT2D eigenvalue weighted by atomic mass is 16.4. The maximum atomic E-state index is 12.8. The zero-order valence-corrected chi connectivity index (χ0v) is 20.1. The fraction of sp³-hybridized carbons (Fsp3) is 0.250. The van der Waals surface area contributed by atoms with Gasteiger partial charge in [0.1, 0.15) is 5.71 Å². The van der Waals surface area contributed by atoms with Crippen molar-refractivity contribution in [1.82, 2.24) is 10.3 Å². The molecule has 1 heterocycles. The first-order valence-corrected chi connectivity index (χ1v) is 12.0. The van der Waals surface area contributed by atoms with E-state index in [2.05, 4.69) is 20.4 Å². The van der Waals surface area contributed by atoms with Crippen LogP contribution in [0, 0.1) is 0 Å². The van der Waals surface area contributed by atoms with Crippen LogP contribution in [0.25, 0.3) is 11.1 Å². The first kappa shape index (κ1) is 26.3. The van der Waals surface area contributed by atoms with E-state index >= 15 is 0 Å². The third-order valence-corrected chi connectivity index (χ3v) is 5.65. The standard InChI is InChI=1S/C28H31N5O3/c29-33-26(23-12-9-16-30-19-23)20-31-15-6-2-1-3-7-17-32-27(34)25-14-5-4-13-24(25)21-10-8-11-22(18-21)28(35)36/h4-5,8-14,16,18-20H,1-3,6-7,15,17,29H2,(H,32,34)(H,35,36). The van der Waals surface area contributed by atoms with Crippen LogP contribution in [0.15, 0.2) is 83.2 Å². The number of benzene rings is 2. The summed E-state index contributed by atoms with van der Waals surface area (Å²) in [4.78, 5) is 32.5. The lowest BCUT2D eigenvalue weighted by molar-refractivity contribution is 0.0696. The normalized spacial score (nSPS) is 11.5. The molecule has 0 bridgehead atoms. The van der Waals surface area contributed by atoms with Gasteiger partial charge in [-0.1, -0.05) is 49.6 Å². The summed E-state index contributed by atoms with van der Waals surface area (Å²) in [7, 11) is 0. The summed E-state index contributed by atoms with van der Waals surface area (Å²) in [6.45, 7) is 1.29. The Balaban J connectivity index is 1.36. The number of nitrogens with two attached hydrogens (primary N) is 1. The molecular formula is C28H31N5O3. The molecule has 8 heteroatoms. The van der Waals surface area contributed by atoms with E-state index in [1.165, 1.54) is 6.07 Å². The quantitative estimate of drug-likeness (QED) is 0.141. The van der Waals surface area contributed by atoms with E-state index in [1.54, 1.807) is 42.9 Å². The number of hydrogen-bond donors (Lipinski definition) is 3. The van der Waals surface area contributed by atoms with Gasteiger partial charge in [0.2, 0.25) is 0 Å². The van der Waals surface area contributed by atoms with Crippen molar-refractivity contribution in [3.8, 4) is 11.1 Å². The number of carbonyl (C=O) groups is 2. The minimum atomic E-state index is -0.996. The molecule has 3 rings (SSSR count). The number of hydrazone groups is 1. The van der Waals surface area contributed by atoms with Crippen molar-refractivity contribution in [2.24, 2.45) is 15.9 Å². The molecule has 0 aliphatic carbocycles. The Morgan fingerprint density at radius 2 is 1.72 bits per heavy atom. The first-order valence-electron chi connectivity index (χ1n) is 12.0. The number of nitrogens with one attached hydrogen (secondary N) is 1. The van der Waals surface area contributed by atoms with E-state index in [0.29, 0.717) is 35.5 Å². The number of pyridine rings is 1. The number of aromatic nitrogens is 1. The number of nitrogens with zero attached hydrogens (tertiary/aromatic N) is 3. The maximum absolute atomic E-state index is 12.8. The summed E-state index contributed by atoms with van der Waals surface area (Å²) in [6, 6.07) is 17.6. The van der Waals surface area contributed by atoms with Crippen molar-refractivity contribution < 1.29 is 14.7 Å². The zero-order chi connectivity index (χ0) is 25.6. The Hall–Kier alpha value is -4.33. The summed E-state index contributed by atoms with van der Waals surface area (Å²) >= 11 is 0. The number of carbonyl (C=O) groups excluding carboxylic acids is 1. The van der Waals surface area contributed by atoms with E-state index in [1.807, 2.05) is 30.3 Å². The molecule has 186 valence electrons. The minimum Gasteiger partial charge on any atom is -0.478 e. The molecule has 0 unspecified atom stereocenters. The monoisotopic (exact) mass is 485 g/mol. The minimum absolute atomic E-state index is 0.161. The molecular weight excluding hydrogens is 454 g/mol. The Kier molecular flexibility index (Phi) is 10.3. The van der Waals surface area contributed by atoms with Gasteiger partial charge in [0.25, 0.3) is 5.91 Å². The van der Waals surface area contributed by atoms with Gasteiger partial charge in [-0.3, -0.25) is 14.8 Å². The van der Waals surface area contributed by atoms with Gasteiger partial charge in [-0.25, -0.2) is 4.79 Å². The topological polar surface area (TPSA) is 130 Å². The number of hydrogen-bond acceptors (Lipinski definition) is 6. The number of rotatable bonds is 13. The molecule has 4 N–H and O–H groups in total. The molecule has 0 radical (unpaired) electrons. The molecule has 0 aliphatic rings. The van der Waals surface area contributed by atoms with Crippen LogP contribution >= 0.6 is 0 Å². The molecule has 3 aromatic rings. The molecule has 1 amide bonds. The van der Waals surface area contributed by atoms with Crippen molar-refractivity contribution in [2.75, 3.05) is 13.1 Å². The fourth-order valence-electron chi connectivity index (χ4n) is 3.76. The van der Waals surface area contributed by atoms with Gasteiger partial charge in [-0.2, -0.15) is 5.10 Å². The average Bonchev–Trinajstić information content (AvgIpc) is 2.92. The van der Waals surface area contributed by atoms with Crippen molar-refractivity contribution >= 4 is 23.8 Å². The maximum Gasteiger partial charge on any atom is 0.335 e. The van der Waals surface area contributed by atoms with Gasteiger partial charge in [0.05, 0.1) is 5.56 Å². The summed E-state index contributed by atoms with van der Waals surface area (Å²) in [5.41, 5.74) is 3.58. The Labute approximate surface area is 211 Å². The average molecular weight is 486 g/mol. The summed E-state index contributed by atoms with van der Waals surface area (Å²) in [5.74, 6) is 4.29. The highest BCUT2D eigenvalue weighted by Crippen LogP contribution is 2.24. The lowest BCUT2D eigenvalue weighted by Crippen LogP contribution is -2.25. The largest absolute Gasteiger partial charge is 0.478 e. The molecule has 0 saturated heterocycles. The number of amides is 1. The van der Waals surface area contributed by atoms with Crippen LogP contribution in [-0.4, -0.2) is 47.0 Å². The van der Waals surface area contributed by atoms with Crippen LogP contribution in [0.2, 0.25) is 0 Å². The number of unbranched alkanes of at least 4 members (excludes halogenated alkanes) is 4. The van der Waals surface area contributed by atoms with Gasteiger partial charge in [-0.05, 0) is 54.3 Å². The number of aliphatic imine (C=N–C) groups is 1. The van der Waals surface area contributed by atoms with Gasteiger partial charge in [-0.15, -0.1) is 0 Å². The van der Waals surface area contributed by atoms with Crippen molar-refractivity contribution in [2.45, 2.75) is 32.1 Å². The summed E-state index contributed by atoms with van der Waals surface area (Å²) < 4.78 is 0. The van der Waals surface area contributed by atoms with E-state index in [4.69, 9.17) is 5.84 Å². The third-order valence-electron chi connectivity index (χ3n) is 5.65. The second kappa shape index (κ2) is 14.2. The lowest BCUT2D eigenvalue weighted by atomic mass is 9.97. The van der Waals surface area contributed by atoms with Crippen LogP contribution in [0.3, 0.4) is 0 Å². The van der Waals surface area contributed by atoms with Crippen molar-refractivity contribution in [3.05, 3.63) is 89.7 Å². The van der Waals surface area contributed by atoms with Crippen LogP contribution < -0.4 is 11.2 Å². The van der Waals surface area contributed by atoms with E-state index in [-0.39, 0.29) is 11.5 Å². The van der Waals surface area contributed by atoms with Gasteiger partial charge >= 0.3 is 5.97 Å². The SMILES string of the molecule is NN=C(C=NCCCCCCCNC(=O)c1ccccc1-c1cccc(C(=O)O)c1)c1cccnc1. The number of carboxylic acids is 1. The summed E-state index contributed by atoms with van der Waals surface area (Å²) in [5, 5.41) is 16.0. The summed E-state index contributed by atoms with van der Waals surface area (Å²) in [6.07, 6.45) is 10.1. The molecule has 1 aromatic heterocycles. The first-order chi connectivity index (χ1) is 17.6. The molecule has 8 nitrogen and oxygen atoms in total. The molecule has 36 heavy (non-hydrogen) atoms. The molecule has 0 fully saturated rings. The van der Waals surface area contributed by atoms with E-state index in [9.17, 15) is 14.7 Å². The van der Waals surface area contributed by atoms with Gasteiger partial charge in [0, 0.05) is 42.8 Å². The van der Waals surface area contributed by atoms with Crippen molar-refractivity contribution in [1.29, 1.82) is 0 Å².